The SMILES string of the molecule is Fc1cc(C#CCCl)cc(OCC2CCC2)c1. The fourth-order valence-electron chi connectivity index (χ4n) is 1.73. The molecule has 0 aliphatic heterocycles. The minimum absolute atomic E-state index is 0.245. The lowest BCUT2D eigenvalue weighted by Gasteiger charge is -2.25. The molecule has 1 aliphatic carbocycles. The van der Waals surface area contributed by atoms with Gasteiger partial charge in [0.05, 0.1) is 12.5 Å². The highest BCUT2D eigenvalue weighted by Crippen LogP contribution is 2.27. The highest BCUT2D eigenvalue weighted by molar-refractivity contribution is 6.19. The summed E-state index contributed by atoms with van der Waals surface area (Å²) in [7, 11) is 0. The maximum Gasteiger partial charge on any atom is 0.128 e. The fraction of sp³-hybridized carbons (Fsp3) is 0.429. The molecule has 1 fully saturated rings. The molecular formula is C14H14ClFO. The quantitative estimate of drug-likeness (QED) is 0.590. The predicted octanol–water partition coefficient (Wildman–Crippen LogP) is 3.59. The Morgan fingerprint density at radius 1 is 1.35 bits per heavy atom. The van der Waals surface area contributed by atoms with Crippen LogP contribution in [0.1, 0.15) is 24.8 Å². The van der Waals surface area contributed by atoms with Gasteiger partial charge in [0.1, 0.15) is 11.6 Å². The molecule has 0 radical (unpaired) electrons. The predicted molar refractivity (Wildman–Crippen MR) is 66.8 cm³/mol. The van der Waals surface area contributed by atoms with Gasteiger partial charge in [-0.25, -0.2) is 4.39 Å². The van der Waals surface area contributed by atoms with E-state index in [1.807, 2.05) is 0 Å². The third kappa shape index (κ3) is 3.64. The number of alkyl halides is 1. The maximum atomic E-state index is 13.3. The summed E-state index contributed by atoms with van der Waals surface area (Å²) in [5.74, 6) is 6.60. The van der Waals surface area contributed by atoms with Crippen LogP contribution in [0, 0.1) is 23.6 Å². The van der Waals surface area contributed by atoms with E-state index in [2.05, 4.69) is 11.8 Å². The Hall–Kier alpha value is -1.20. The Kier molecular flexibility index (Phi) is 4.28. The Labute approximate surface area is 106 Å². The topological polar surface area (TPSA) is 9.23 Å². The Morgan fingerprint density at radius 2 is 2.18 bits per heavy atom. The van der Waals surface area contributed by atoms with Gasteiger partial charge in [0, 0.05) is 11.6 Å². The van der Waals surface area contributed by atoms with Gasteiger partial charge in [-0.2, -0.15) is 0 Å². The van der Waals surface area contributed by atoms with Crippen LogP contribution >= 0.6 is 11.6 Å². The zero-order valence-electron chi connectivity index (χ0n) is 9.51. The smallest absolute Gasteiger partial charge is 0.128 e. The van der Waals surface area contributed by atoms with Gasteiger partial charge in [0.2, 0.25) is 0 Å². The summed E-state index contributed by atoms with van der Waals surface area (Å²) < 4.78 is 18.9. The molecule has 1 aliphatic rings. The highest BCUT2D eigenvalue weighted by atomic mass is 35.5. The molecule has 0 atom stereocenters. The largest absolute Gasteiger partial charge is 0.493 e. The molecule has 90 valence electrons. The molecule has 0 saturated heterocycles. The number of ether oxygens (including phenoxy) is 1. The van der Waals surface area contributed by atoms with Gasteiger partial charge in [0.25, 0.3) is 0 Å². The van der Waals surface area contributed by atoms with E-state index in [9.17, 15) is 4.39 Å². The van der Waals surface area contributed by atoms with E-state index >= 15 is 0 Å². The van der Waals surface area contributed by atoms with Gasteiger partial charge in [-0.05, 0) is 30.9 Å². The van der Waals surface area contributed by atoms with Crippen LogP contribution in [-0.2, 0) is 0 Å². The molecular weight excluding hydrogens is 239 g/mol. The normalized spacial score (nSPS) is 14.7. The van der Waals surface area contributed by atoms with Crippen molar-refractivity contribution < 1.29 is 9.13 Å². The summed E-state index contributed by atoms with van der Waals surface area (Å²) >= 11 is 5.46. The summed E-state index contributed by atoms with van der Waals surface area (Å²) in [6.07, 6.45) is 3.71. The van der Waals surface area contributed by atoms with Crippen LogP contribution in [0.5, 0.6) is 5.75 Å². The van der Waals surface area contributed by atoms with Crippen molar-refractivity contribution in [3.8, 4) is 17.6 Å². The van der Waals surface area contributed by atoms with Crippen LogP contribution in [-0.4, -0.2) is 12.5 Å². The van der Waals surface area contributed by atoms with Crippen molar-refractivity contribution >= 4 is 11.6 Å². The first-order valence-corrected chi connectivity index (χ1v) is 6.29. The lowest BCUT2D eigenvalue weighted by Crippen LogP contribution is -2.19. The number of hydrogen-bond donors (Lipinski definition) is 0. The van der Waals surface area contributed by atoms with Crippen LogP contribution < -0.4 is 4.74 Å². The monoisotopic (exact) mass is 252 g/mol. The maximum absolute atomic E-state index is 13.3. The molecule has 1 nitrogen and oxygen atoms in total. The molecule has 0 amide bonds. The van der Waals surface area contributed by atoms with Gasteiger partial charge in [-0.15, -0.1) is 11.6 Å². The third-order valence-corrected chi connectivity index (χ3v) is 3.01. The van der Waals surface area contributed by atoms with Gasteiger partial charge < -0.3 is 4.74 Å². The van der Waals surface area contributed by atoms with Crippen LogP contribution in [0.15, 0.2) is 18.2 Å². The van der Waals surface area contributed by atoms with Crippen LogP contribution in [0.4, 0.5) is 4.39 Å². The minimum Gasteiger partial charge on any atom is -0.493 e. The first kappa shape index (κ1) is 12.3. The van der Waals surface area contributed by atoms with E-state index in [0.29, 0.717) is 23.8 Å². The summed E-state index contributed by atoms with van der Waals surface area (Å²) in [5, 5.41) is 0. The van der Waals surface area contributed by atoms with Crippen LogP contribution in [0.3, 0.4) is 0 Å². The summed E-state index contributed by atoms with van der Waals surface area (Å²) in [4.78, 5) is 0. The Balaban J connectivity index is 2.02. The number of rotatable bonds is 3. The summed E-state index contributed by atoms with van der Waals surface area (Å²) in [5.41, 5.74) is 0.606. The fourth-order valence-corrected chi connectivity index (χ4v) is 1.79. The van der Waals surface area contributed by atoms with Crippen LogP contribution in [0.2, 0.25) is 0 Å². The average Bonchev–Trinajstić information content (AvgIpc) is 2.23. The summed E-state index contributed by atoms with van der Waals surface area (Å²) in [6.45, 7) is 0.672. The minimum atomic E-state index is -0.324. The van der Waals surface area contributed by atoms with E-state index in [-0.39, 0.29) is 11.7 Å². The van der Waals surface area contributed by atoms with Crippen molar-refractivity contribution in [2.24, 2.45) is 5.92 Å². The molecule has 1 saturated carbocycles. The Bertz CT molecular complexity index is 443. The molecule has 0 N–H and O–H groups in total. The molecule has 1 aromatic rings. The van der Waals surface area contributed by atoms with Gasteiger partial charge in [-0.3, -0.25) is 0 Å². The zero-order chi connectivity index (χ0) is 12.1. The molecule has 0 unspecified atom stereocenters. The van der Waals surface area contributed by atoms with E-state index < -0.39 is 0 Å². The zero-order valence-corrected chi connectivity index (χ0v) is 10.3. The van der Waals surface area contributed by atoms with Gasteiger partial charge in [-0.1, -0.05) is 18.3 Å². The number of halogens is 2. The molecule has 2 rings (SSSR count). The van der Waals surface area contributed by atoms with Crippen molar-refractivity contribution in [2.75, 3.05) is 12.5 Å². The molecule has 0 spiro atoms. The van der Waals surface area contributed by atoms with Crippen molar-refractivity contribution in [1.82, 2.24) is 0 Å². The van der Waals surface area contributed by atoms with Gasteiger partial charge in [0.15, 0.2) is 0 Å². The molecule has 0 bridgehead atoms. The molecule has 17 heavy (non-hydrogen) atoms. The Morgan fingerprint density at radius 3 is 2.82 bits per heavy atom. The standard InChI is InChI=1S/C14H14ClFO/c15-6-2-5-12-7-13(16)9-14(8-12)17-10-11-3-1-4-11/h7-9,11H,1,3-4,6,10H2. The molecule has 0 heterocycles. The lowest BCUT2D eigenvalue weighted by molar-refractivity contribution is 0.180. The second-order valence-corrected chi connectivity index (χ2v) is 4.49. The number of hydrogen-bond acceptors (Lipinski definition) is 1. The van der Waals surface area contributed by atoms with E-state index in [4.69, 9.17) is 16.3 Å². The second kappa shape index (κ2) is 5.93. The average molecular weight is 253 g/mol. The van der Waals surface area contributed by atoms with E-state index in [0.717, 1.165) is 0 Å². The van der Waals surface area contributed by atoms with Crippen molar-refractivity contribution in [1.29, 1.82) is 0 Å². The highest BCUT2D eigenvalue weighted by Gasteiger charge is 2.17. The second-order valence-electron chi connectivity index (χ2n) is 4.22. The van der Waals surface area contributed by atoms with E-state index in [1.165, 1.54) is 31.4 Å². The van der Waals surface area contributed by atoms with Crippen LogP contribution in [0.25, 0.3) is 0 Å². The first-order chi connectivity index (χ1) is 8.28. The third-order valence-electron chi connectivity index (χ3n) is 2.88. The number of benzene rings is 1. The molecule has 3 heteroatoms. The lowest BCUT2D eigenvalue weighted by atomic mass is 9.86. The van der Waals surface area contributed by atoms with Crippen molar-refractivity contribution in [3.05, 3.63) is 29.6 Å². The van der Waals surface area contributed by atoms with Crippen molar-refractivity contribution in [3.63, 3.8) is 0 Å². The molecule has 1 aromatic carbocycles. The molecule has 0 aromatic heterocycles. The van der Waals surface area contributed by atoms with E-state index in [1.54, 1.807) is 6.07 Å². The van der Waals surface area contributed by atoms with Gasteiger partial charge >= 0.3 is 0 Å². The summed E-state index contributed by atoms with van der Waals surface area (Å²) in [6, 6.07) is 4.53. The first-order valence-electron chi connectivity index (χ1n) is 5.76. The van der Waals surface area contributed by atoms with Crippen molar-refractivity contribution in [2.45, 2.75) is 19.3 Å².